The maximum atomic E-state index is 12.3. The van der Waals surface area contributed by atoms with Crippen LogP contribution in [0.4, 0.5) is 0 Å². The van der Waals surface area contributed by atoms with Gasteiger partial charge in [0.2, 0.25) is 0 Å². The second-order valence-corrected chi connectivity index (χ2v) is 8.40. The van der Waals surface area contributed by atoms with Crippen LogP contribution >= 0.6 is 23.4 Å². The molecule has 0 fully saturated rings. The number of fused-ring (bicyclic) bond motifs is 1. The van der Waals surface area contributed by atoms with Crippen molar-refractivity contribution in [3.63, 3.8) is 0 Å². The Morgan fingerprint density at radius 2 is 2.00 bits per heavy atom. The molecule has 0 aliphatic carbocycles. The number of carbonyl (C=O) groups is 1. The lowest BCUT2D eigenvalue weighted by Crippen LogP contribution is -2.20. The third-order valence-electron chi connectivity index (χ3n) is 4.61. The van der Waals surface area contributed by atoms with Crippen molar-refractivity contribution in [2.24, 2.45) is 5.10 Å². The van der Waals surface area contributed by atoms with Crippen molar-refractivity contribution in [3.8, 4) is 0 Å². The molecule has 0 saturated heterocycles. The standard InChI is InChI=1S/C24H21ClN4O2S/c1-17(13-19-8-6-12-31-19)14-26-28-23(30)16-32-24-27-21-10-4-5-11-22(21)29(24)15-18-7-2-3-9-20(18)25/h2-14H,15-16H2,1H3,(H,28,30). The summed E-state index contributed by atoms with van der Waals surface area (Å²) in [7, 11) is 0. The summed E-state index contributed by atoms with van der Waals surface area (Å²) in [6, 6.07) is 19.3. The molecule has 6 nitrogen and oxygen atoms in total. The predicted octanol–water partition coefficient (Wildman–Crippen LogP) is 5.63. The highest BCUT2D eigenvalue weighted by Gasteiger charge is 2.14. The summed E-state index contributed by atoms with van der Waals surface area (Å²) in [6.07, 6.45) is 5.02. The van der Waals surface area contributed by atoms with Gasteiger partial charge in [-0.3, -0.25) is 4.79 Å². The fourth-order valence-corrected chi connectivity index (χ4v) is 4.12. The molecule has 2 heterocycles. The van der Waals surface area contributed by atoms with Crippen molar-refractivity contribution < 1.29 is 9.21 Å². The van der Waals surface area contributed by atoms with Crippen molar-refractivity contribution in [2.45, 2.75) is 18.6 Å². The van der Waals surface area contributed by atoms with E-state index in [1.165, 1.54) is 11.8 Å². The van der Waals surface area contributed by atoms with Gasteiger partial charge in [-0.15, -0.1) is 0 Å². The quantitative estimate of drug-likeness (QED) is 0.208. The number of thioether (sulfide) groups is 1. The van der Waals surface area contributed by atoms with Crippen LogP contribution in [-0.4, -0.2) is 27.4 Å². The maximum absolute atomic E-state index is 12.3. The van der Waals surface area contributed by atoms with Gasteiger partial charge in [-0.05, 0) is 54.5 Å². The Morgan fingerprint density at radius 1 is 1.19 bits per heavy atom. The van der Waals surface area contributed by atoms with E-state index in [9.17, 15) is 4.79 Å². The second kappa shape index (κ2) is 10.3. The van der Waals surface area contributed by atoms with Crippen LogP contribution in [-0.2, 0) is 11.3 Å². The Bertz CT molecular complexity index is 1280. The summed E-state index contributed by atoms with van der Waals surface area (Å²) >= 11 is 7.73. The fourth-order valence-electron chi connectivity index (χ4n) is 3.12. The van der Waals surface area contributed by atoms with E-state index in [-0.39, 0.29) is 11.7 Å². The third-order valence-corrected chi connectivity index (χ3v) is 5.95. The fraction of sp³-hybridized carbons (Fsp3) is 0.125. The Kier molecular flexibility index (Phi) is 7.09. The number of nitrogens with one attached hydrogen (secondary N) is 1. The van der Waals surface area contributed by atoms with Crippen LogP contribution in [0.2, 0.25) is 5.02 Å². The summed E-state index contributed by atoms with van der Waals surface area (Å²) < 4.78 is 7.34. The number of hydrazone groups is 1. The first kappa shape index (κ1) is 21.9. The monoisotopic (exact) mass is 464 g/mol. The molecule has 32 heavy (non-hydrogen) atoms. The van der Waals surface area contributed by atoms with Crippen molar-refractivity contribution in [1.82, 2.24) is 15.0 Å². The third kappa shape index (κ3) is 5.49. The van der Waals surface area contributed by atoms with Gasteiger partial charge in [0.1, 0.15) is 5.76 Å². The number of amides is 1. The Labute approximate surface area is 195 Å². The Hall–Kier alpha value is -3.29. The molecule has 0 spiro atoms. The molecule has 0 aliphatic heterocycles. The van der Waals surface area contributed by atoms with E-state index in [2.05, 4.69) is 15.1 Å². The molecule has 1 amide bonds. The lowest BCUT2D eigenvalue weighted by molar-refractivity contribution is -0.118. The number of hydrogen-bond donors (Lipinski definition) is 1. The molecule has 0 aliphatic rings. The number of rotatable bonds is 8. The first-order valence-corrected chi connectivity index (χ1v) is 11.3. The van der Waals surface area contributed by atoms with E-state index < -0.39 is 0 Å². The molecule has 0 unspecified atom stereocenters. The van der Waals surface area contributed by atoms with Gasteiger partial charge in [-0.1, -0.05) is 53.7 Å². The number of halogens is 1. The molecule has 4 aromatic rings. The summed E-state index contributed by atoms with van der Waals surface area (Å²) in [5.41, 5.74) is 6.27. The van der Waals surface area contributed by atoms with Gasteiger partial charge in [0.15, 0.2) is 5.16 Å². The predicted molar refractivity (Wildman–Crippen MR) is 130 cm³/mol. The lowest BCUT2D eigenvalue weighted by atomic mass is 10.2. The zero-order valence-electron chi connectivity index (χ0n) is 17.4. The molecule has 0 atom stereocenters. The van der Waals surface area contributed by atoms with E-state index in [1.807, 2.05) is 73.7 Å². The molecule has 8 heteroatoms. The molecular formula is C24H21ClN4O2S. The van der Waals surface area contributed by atoms with Crippen LogP contribution in [0.25, 0.3) is 17.1 Å². The van der Waals surface area contributed by atoms with Crippen LogP contribution < -0.4 is 5.43 Å². The highest BCUT2D eigenvalue weighted by molar-refractivity contribution is 7.99. The number of allylic oxidation sites excluding steroid dienone is 1. The van der Waals surface area contributed by atoms with Gasteiger partial charge < -0.3 is 8.98 Å². The number of nitrogens with zero attached hydrogens (tertiary/aromatic N) is 3. The molecule has 0 saturated carbocycles. The zero-order chi connectivity index (χ0) is 22.3. The van der Waals surface area contributed by atoms with Crippen LogP contribution in [0.5, 0.6) is 0 Å². The maximum Gasteiger partial charge on any atom is 0.250 e. The molecule has 1 N–H and O–H groups in total. The lowest BCUT2D eigenvalue weighted by Gasteiger charge is -2.10. The first-order chi connectivity index (χ1) is 15.6. The van der Waals surface area contributed by atoms with Crippen LogP contribution in [0.1, 0.15) is 18.2 Å². The van der Waals surface area contributed by atoms with Gasteiger partial charge >= 0.3 is 0 Å². The second-order valence-electron chi connectivity index (χ2n) is 7.05. The summed E-state index contributed by atoms with van der Waals surface area (Å²) in [5.74, 6) is 0.700. The Balaban J connectivity index is 1.43. The van der Waals surface area contributed by atoms with Gasteiger partial charge in [0, 0.05) is 5.02 Å². The van der Waals surface area contributed by atoms with Crippen LogP contribution in [0.15, 0.2) is 87.2 Å². The topological polar surface area (TPSA) is 72.4 Å². The number of imidazole rings is 1. The SMILES string of the molecule is CC(C=NNC(=O)CSc1nc2ccccc2n1Cc1ccccc1Cl)=Cc1ccco1. The summed E-state index contributed by atoms with van der Waals surface area (Å²) in [5, 5.41) is 5.47. The molecule has 0 bridgehead atoms. The number of benzene rings is 2. The molecular weight excluding hydrogens is 444 g/mol. The molecule has 0 radical (unpaired) electrons. The normalized spacial score (nSPS) is 12.0. The largest absolute Gasteiger partial charge is 0.465 e. The van der Waals surface area contributed by atoms with E-state index >= 15 is 0 Å². The van der Waals surface area contributed by atoms with E-state index in [4.69, 9.17) is 21.0 Å². The minimum atomic E-state index is -0.214. The van der Waals surface area contributed by atoms with Gasteiger partial charge in [-0.2, -0.15) is 5.10 Å². The van der Waals surface area contributed by atoms with Gasteiger partial charge in [-0.25, -0.2) is 10.4 Å². The van der Waals surface area contributed by atoms with E-state index in [0.717, 1.165) is 33.1 Å². The smallest absolute Gasteiger partial charge is 0.250 e. The molecule has 4 rings (SSSR count). The molecule has 2 aromatic carbocycles. The number of aromatic nitrogens is 2. The average Bonchev–Trinajstić information content (AvgIpc) is 3.42. The minimum absolute atomic E-state index is 0.185. The Morgan fingerprint density at radius 3 is 2.81 bits per heavy atom. The number of para-hydroxylation sites is 2. The van der Waals surface area contributed by atoms with Crippen molar-refractivity contribution in [1.29, 1.82) is 0 Å². The molecule has 162 valence electrons. The van der Waals surface area contributed by atoms with Gasteiger partial charge in [0.25, 0.3) is 5.91 Å². The number of furan rings is 1. The minimum Gasteiger partial charge on any atom is -0.465 e. The van der Waals surface area contributed by atoms with Crippen LogP contribution in [0.3, 0.4) is 0 Å². The highest BCUT2D eigenvalue weighted by Crippen LogP contribution is 2.27. The summed E-state index contributed by atoms with van der Waals surface area (Å²) in [6.45, 7) is 2.45. The number of carbonyl (C=O) groups excluding carboxylic acids is 1. The zero-order valence-corrected chi connectivity index (χ0v) is 18.9. The summed E-state index contributed by atoms with van der Waals surface area (Å²) in [4.78, 5) is 17.0. The highest BCUT2D eigenvalue weighted by atomic mass is 35.5. The van der Waals surface area contributed by atoms with Crippen molar-refractivity contribution in [2.75, 3.05) is 5.75 Å². The van der Waals surface area contributed by atoms with Crippen molar-refractivity contribution >= 4 is 52.6 Å². The van der Waals surface area contributed by atoms with E-state index in [1.54, 1.807) is 12.5 Å². The average molecular weight is 465 g/mol. The van der Waals surface area contributed by atoms with Gasteiger partial charge in [0.05, 0.1) is 35.8 Å². The number of hydrogen-bond acceptors (Lipinski definition) is 5. The first-order valence-electron chi connectivity index (χ1n) is 9.95. The van der Waals surface area contributed by atoms with Crippen LogP contribution in [0, 0.1) is 0 Å². The van der Waals surface area contributed by atoms with E-state index in [0.29, 0.717) is 11.6 Å². The van der Waals surface area contributed by atoms with Crippen molar-refractivity contribution in [3.05, 3.63) is 88.8 Å². The molecule has 2 aromatic heterocycles.